The summed E-state index contributed by atoms with van der Waals surface area (Å²) >= 11 is 12.3. The number of nitrogens with one attached hydrogen (secondary N) is 2. The van der Waals surface area contributed by atoms with Gasteiger partial charge in [0.1, 0.15) is 0 Å². The Morgan fingerprint density at radius 3 is 2.91 bits per heavy atom. The van der Waals surface area contributed by atoms with Crippen molar-refractivity contribution in [3.05, 3.63) is 51.5 Å². The Bertz CT molecular complexity index is 664. The van der Waals surface area contributed by atoms with Gasteiger partial charge < -0.3 is 10.3 Å². The maximum absolute atomic E-state index is 12.4. The van der Waals surface area contributed by atoms with Crippen molar-refractivity contribution in [1.82, 2.24) is 15.3 Å². The van der Waals surface area contributed by atoms with E-state index in [1.54, 1.807) is 6.33 Å². The molecule has 3 rings (SSSR count). The van der Waals surface area contributed by atoms with Gasteiger partial charge >= 0.3 is 0 Å². The van der Waals surface area contributed by atoms with Crippen LogP contribution in [0.4, 0.5) is 0 Å². The highest BCUT2D eigenvalue weighted by molar-refractivity contribution is 6.35. The number of nitrogens with zero attached hydrogens (tertiary/aromatic N) is 1. The summed E-state index contributed by atoms with van der Waals surface area (Å²) in [5, 5.41) is 4.24. The number of aromatic nitrogens is 2. The van der Waals surface area contributed by atoms with Crippen molar-refractivity contribution >= 4 is 29.1 Å². The van der Waals surface area contributed by atoms with Gasteiger partial charge in [-0.25, -0.2) is 4.98 Å². The molecule has 0 fully saturated rings. The summed E-state index contributed by atoms with van der Waals surface area (Å²) in [6, 6.07) is 5.43. The van der Waals surface area contributed by atoms with Crippen molar-refractivity contribution in [1.29, 1.82) is 0 Å². The fourth-order valence-electron chi connectivity index (χ4n) is 2.91. The summed E-state index contributed by atoms with van der Waals surface area (Å²) in [5.74, 6) is -0.132. The minimum Gasteiger partial charge on any atom is -0.355 e. The lowest BCUT2D eigenvalue weighted by molar-refractivity contribution is -0.122. The van der Waals surface area contributed by atoms with Crippen molar-refractivity contribution in [3.8, 4) is 0 Å². The molecule has 0 unspecified atom stereocenters. The van der Waals surface area contributed by atoms with E-state index in [1.165, 1.54) is 0 Å². The Morgan fingerprint density at radius 2 is 2.14 bits per heavy atom. The topological polar surface area (TPSA) is 57.8 Å². The van der Waals surface area contributed by atoms with E-state index >= 15 is 0 Å². The molecule has 0 bridgehead atoms. The summed E-state index contributed by atoms with van der Waals surface area (Å²) in [7, 11) is 0. The van der Waals surface area contributed by atoms with Crippen LogP contribution in [0.1, 0.15) is 35.7 Å². The van der Waals surface area contributed by atoms with Gasteiger partial charge in [-0.1, -0.05) is 29.3 Å². The van der Waals surface area contributed by atoms with Gasteiger partial charge in [0, 0.05) is 22.3 Å². The van der Waals surface area contributed by atoms with Crippen LogP contribution in [0.25, 0.3) is 0 Å². The standard InChI is InChI=1S/C16H17Cl2N3O/c17-12-4-2-5-13(18)10(12)7-8-19-16(22)11-3-1-6-14-15(11)21-9-20-14/h2,4-5,9,11H,1,3,6-8H2,(H,19,22)(H,20,21)/t11-/m0/s1. The zero-order valence-corrected chi connectivity index (χ0v) is 13.5. The Kier molecular flexibility index (Phi) is 4.69. The molecular weight excluding hydrogens is 321 g/mol. The predicted octanol–water partition coefficient (Wildman–Crippen LogP) is 3.50. The normalized spacial score (nSPS) is 17.1. The molecule has 2 aromatic rings. The van der Waals surface area contributed by atoms with Crippen LogP contribution in [0.15, 0.2) is 24.5 Å². The van der Waals surface area contributed by atoms with Crippen LogP contribution in [0.3, 0.4) is 0 Å². The zero-order valence-electron chi connectivity index (χ0n) is 12.0. The van der Waals surface area contributed by atoms with Crippen LogP contribution in [0, 0.1) is 0 Å². The van der Waals surface area contributed by atoms with E-state index in [2.05, 4.69) is 15.3 Å². The van der Waals surface area contributed by atoms with E-state index in [0.717, 1.165) is 36.2 Å². The van der Waals surface area contributed by atoms with Crippen LogP contribution < -0.4 is 5.32 Å². The molecule has 2 N–H and O–H groups in total. The molecule has 1 aromatic heterocycles. The van der Waals surface area contributed by atoms with Crippen molar-refractivity contribution in [2.75, 3.05) is 6.54 Å². The van der Waals surface area contributed by atoms with Gasteiger partial charge in [0.2, 0.25) is 5.91 Å². The second-order valence-electron chi connectivity index (χ2n) is 5.45. The van der Waals surface area contributed by atoms with E-state index in [0.29, 0.717) is 23.0 Å². The smallest absolute Gasteiger partial charge is 0.229 e. The number of carbonyl (C=O) groups is 1. The van der Waals surface area contributed by atoms with Crippen LogP contribution >= 0.6 is 23.2 Å². The van der Waals surface area contributed by atoms with Gasteiger partial charge in [-0.2, -0.15) is 0 Å². The number of H-pyrrole nitrogens is 1. The number of imidazole rings is 1. The second kappa shape index (κ2) is 6.71. The van der Waals surface area contributed by atoms with Gasteiger partial charge in [0.05, 0.1) is 17.9 Å². The quantitative estimate of drug-likeness (QED) is 0.896. The van der Waals surface area contributed by atoms with Crippen LogP contribution in [-0.4, -0.2) is 22.4 Å². The third-order valence-corrected chi connectivity index (χ3v) is 4.76. The minimum atomic E-state index is -0.156. The first kappa shape index (κ1) is 15.4. The van der Waals surface area contributed by atoms with Crippen molar-refractivity contribution in [2.45, 2.75) is 31.6 Å². The molecule has 0 saturated heterocycles. The van der Waals surface area contributed by atoms with Crippen LogP contribution in [0.2, 0.25) is 10.0 Å². The molecule has 1 aliphatic carbocycles. The van der Waals surface area contributed by atoms with E-state index in [1.807, 2.05) is 18.2 Å². The van der Waals surface area contributed by atoms with Gasteiger partial charge in [0.15, 0.2) is 0 Å². The van der Waals surface area contributed by atoms with Gasteiger partial charge in [-0.15, -0.1) is 0 Å². The molecule has 1 aliphatic rings. The number of amides is 1. The van der Waals surface area contributed by atoms with Gasteiger partial charge in [0.25, 0.3) is 0 Å². The number of hydrogen-bond acceptors (Lipinski definition) is 2. The average Bonchev–Trinajstić information content (AvgIpc) is 2.98. The third-order valence-electron chi connectivity index (χ3n) is 4.05. The molecule has 0 radical (unpaired) electrons. The lowest BCUT2D eigenvalue weighted by Crippen LogP contribution is -2.33. The predicted molar refractivity (Wildman–Crippen MR) is 87.4 cm³/mol. The molecule has 22 heavy (non-hydrogen) atoms. The average molecular weight is 338 g/mol. The maximum atomic E-state index is 12.4. The van der Waals surface area contributed by atoms with Crippen molar-refractivity contribution in [2.24, 2.45) is 0 Å². The van der Waals surface area contributed by atoms with Gasteiger partial charge in [-0.05, 0) is 43.4 Å². The third kappa shape index (κ3) is 3.13. The minimum absolute atomic E-state index is 0.0243. The highest BCUT2D eigenvalue weighted by atomic mass is 35.5. The number of aryl methyl sites for hydroxylation is 1. The highest BCUT2D eigenvalue weighted by Gasteiger charge is 2.28. The number of fused-ring (bicyclic) bond motifs is 1. The summed E-state index contributed by atoms with van der Waals surface area (Å²) < 4.78 is 0. The first-order valence-corrected chi connectivity index (χ1v) is 8.15. The molecule has 1 aromatic carbocycles. The Morgan fingerprint density at radius 1 is 1.36 bits per heavy atom. The summed E-state index contributed by atoms with van der Waals surface area (Å²) in [6.45, 7) is 0.512. The fourth-order valence-corrected chi connectivity index (χ4v) is 3.50. The lowest BCUT2D eigenvalue weighted by Gasteiger charge is -2.20. The number of hydrogen-bond donors (Lipinski definition) is 2. The SMILES string of the molecule is O=C(NCCc1c(Cl)cccc1Cl)[C@H]1CCCc2[nH]cnc21. The number of aromatic amines is 1. The molecule has 0 saturated carbocycles. The molecule has 1 atom stereocenters. The highest BCUT2D eigenvalue weighted by Crippen LogP contribution is 2.29. The van der Waals surface area contributed by atoms with E-state index in [-0.39, 0.29) is 11.8 Å². The van der Waals surface area contributed by atoms with Crippen molar-refractivity contribution in [3.63, 3.8) is 0 Å². The van der Waals surface area contributed by atoms with Crippen LogP contribution in [0.5, 0.6) is 0 Å². The Labute approximate surface area is 139 Å². The first-order chi connectivity index (χ1) is 10.7. The maximum Gasteiger partial charge on any atom is 0.229 e. The zero-order chi connectivity index (χ0) is 15.5. The van der Waals surface area contributed by atoms with E-state index in [9.17, 15) is 4.79 Å². The first-order valence-electron chi connectivity index (χ1n) is 7.39. The van der Waals surface area contributed by atoms with Crippen LogP contribution in [-0.2, 0) is 17.6 Å². The number of benzene rings is 1. The lowest BCUT2D eigenvalue weighted by atomic mass is 9.89. The molecule has 1 heterocycles. The summed E-state index contributed by atoms with van der Waals surface area (Å²) in [5.41, 5.74) is 2.84. The summed E-state index contributed by atoms with van der Waals surface area (Å²) in [4.78, 5) is 19.8. The van der Waals surface area contributed by atoms with Crippen molar-refractivity contribution < 1.29 is 4.79 Å². The molecule has 1 amide bonds. The number of halogens is 2. The fraction of sp³-hybridized carbons (Fsp3) is 0.375. The second-order valence-corrected chi connectivity index (χ2v) is 6.27. The monoisotopic (exact) mass is 337 g/mol. The molecule has 0 spiro atoms. The molecule has 0 aliphatic heterocycles. The molecule has 6 heteroatoms. The molecular formula is C16H17Cl2N3O. The largest absolute Gasteiger partial charge is 0.355 e. The van der Waals surface area contributed by atoms with E-state index < -0.39 is 0 Å². The Hall–Kier alpha value is -1.52. The summed E-state index contributed by atoms with van der Waals surface area (Å²) in [6.07, 6.45) is 5.10. The molecule has 4 nitrogen and oxygen atoms in total. The van der Waals surface area contributed by atoms with Gasteiger partial charge in [-0.3, -0.25) is 4.79 Å². The number of rotatable bonds is 4. The van der Waals surface area contributed by atoms with E-state index in [4.69, 9.17) is 23.2 Å². The molecule has 116 valence electrons. The Balaban J connectivity index is 1.60. The number of carbonyl (C=O) groups excluding carboxylic acids is 1.